The summed E-state index contributed by atoms with van der Waals surface area (Å²) in [6.45, 7) is 7.00. The van der Waals surface area contributed by atoms with E-state index in [0.717, 1.165) is 0 Å². The van der Waals surface area contributed by atoms with Crippen LogP contribution in [0.1, 0.15) is 71.3 Å². The van der Waals surface area contributed by atoms with Gasteiger partial charge in [0, 0.05) is 0 Å². The Labute approximate surface area is 114 Å². The van der Waals surface area contributed by atoms with E-state index in [1.54, 1.807) is 0 Å². The second kappa shape index (κ2) is 8.34. The molecule has 1 rings (SSSR count). The second-order valence-corrected chi connectivity index (χ2v) is 5.72. The van der Waals surface area contributed by atoms with E-state index < -0.39 is 0 Å². The van der Waals surface area contributed by atoms with Gasteiger partial charge in [0.25, 0.3) is 0 Å². The number of hydrogen-bond donors (Lipinski definition) is 0. The largest absolute Gasteiger partial charge is 0.0654 e. The summed E-state index contributed by atoms with van der Waals surface area (Å²) in [5.74, 6) is 0. The molecule has 1 aromatic carbocycles. The maximum Gasteiger partial charge on any atom is -0.0222 e. The Morgan fingerprint density at radius 3 is 1.83 bits per heavy atom. The molecule has 0 fully saturated rings. The molecule has 1 aromatic rings. The molecule has 0 aromatic heterocycles. The Morgan fingerprint density at radius 1 is 0.833 bits per heavy atom. The zero-order chi connectivity index (χ0) is 13.3. The first-order chi connectivity index (χ1) is 8.76. The van der Waals surface area contributed by atoms with Crippen molar-refractivity contribution in [3.63, 3.8) is 0 Å². The van der Waals surface area contributed by atoms with E-state index in [1.165, 1.54) is 56.9 Å². The Hall–Kier alpha value is -0.780. The summed E-state index contributed by atoms with van der Waals surface area (Å²) in [5.41, 5.74) is 2.07. The Bertz CT molecular complexity index is 291. The van der Waals surface area contributed by atoms with Crippen molar-refractivity contribution in [2.45, 2.75) is 72.1 Å². The SMILES string of the molecule is CCCCC(CC)(CCCC)Cc1ccccc1. The van der Waals surface area contributed by atoms with Crippen molar-refractivity contribution >= 4 is 0 Å². The molecular formula is C18H30. The first-order valence-corrected chi connectivity index (χ1v) is 7.80. The molecule has 0 saturated carbocycles. The van der Waals surface area contributed by atoms with Gasteiger partial charge in [-0.3, -0.25) is 0 Å². The average molecular weight is 246 g/mol. The van der Waals surface area contributed by atoms with Crippen molar-refractivity contribution in [3.05, 3.63) is 35.9 Å². The van der Waals surface area contributed by atoms with Gasteiger partial charge in [-0.15, -0.1) is 0 Å². The molecule has 0 bridgehead atoms. The molecule has 0 nitrogen and oxygen atoms in total. The molecule has 0 aliphatic rings. The zero-order valence-electron chi connectivity index (χ0n) is 12.5. The van der Waals surface area contributed by atoms with E-state index in [1.807, 2.05) is 0 Å². The van der Waals surface area contributed by atoms with E-state index in [0.29, 0.717) is 5.41 Å². The van der Waals surface area contributed by atoms with Gasteiger partial charge in [-0.05, 0) is 30.2 Å². The van der Waals surface area contributed by atoms with Gasteiger partial charge >= 0.3 is 0 Å². The lowest BCUT2D eigenvalue weighted by atomic mass is 9.72. The topological polar surface area (TPSA) is 0 Å². The standard InChI is InChI=1S/C18H30/c1-4-7-14-18(6-3,15-8-5-2)16-17-12-10-9-11-13-17/h9-13H,4-8,14-16H2,1-3H3. The molecule has 0 heteroatoms. The molecular weight excluding hydrogens is 216 g/mol. The lowest BCUT2D eigenvalue weighted by molar-refractivity contribution is 0.213. The van der Waals surface area contributed by atoms with E-state index in [4.69, 9.17) is 0 Å². The van der Waals surface area contributed by atoms with Gasteiger partial charge < -0.3 is 0 Å². The summed E-state index contributed by atoms with van der Waals surface area (Å²) >= 11 is 0. The monoisotopic (exact) mass is 246 g/mol. The van der Waals surface area contributed by atoms with Crippen LogP contribution in [-0.2, 0) is 6.42 Å². The summed E-state index contributed by atoms with van der Waals surface area (Å²) in [5, 5.41) is 0. The lowest BCUT2D eigenvalue weighted by Crippen LogP contribution is -2.23. The highest BCUT2D eigenvalue weighted by atomic mass is 14.3. The highest BCUT2D eigenvalue weighted by Gasteiger charge is 2.26. The van der Waals surface area contributed by atoms with Crippen LogP contribution < -0.4 is 0 Å². The van der Waals surface area contributed by atoms with Crippen molar-refractivity contribution in [2.75, 3.05) is 0 Å². The summed E-state index contributed by atoms with van der Waals surface area (Å²) < 4.78 is 0. The molecule has 0 saturated heterocycles. The van der Waals surface area contributed by atoms with Crippen molar-refractivity contribution < 1.29 is 0 Å². The van der Waals surface area contributed by atoms with Gasteiger partial charge in [-0.25, -0.2) is 0 Å². The van der Waals surface area contributed by atoms with Crippen LogP contribution in [0.3, 0.4) is 0 Å². The molecule has 102 valence electrons. The van der Waals surface area contributed by atoms with Crippen molar-refractivity contribution in [2.24, 2.45) is 5.41 Å². The minimum atomic E-state index is 0.549. The van der Waals surface area contributed by atoms with Crippen LogP contribution in [0.2, 0.25) is 0 Å². The minimum Gasteiger partial charge on any atom is -0.0654 e. The van der Waals surface area contributed by atoms with Gasteiger partial charge in [-0.1, -0.05) is 83.2 Å². The van der Waals surface area contributed by atoms with E-state index in [9.17, 15) is 0 Å². The van der Waals surface area contributed by atoms with Gasteiger partial charge in [0.1, 0.15) is 0 Å². The third-order valence-electron chi connectivity index (χ3n) is 4.29. The van der Waals surface area contributed by atoms with E-state index in [2.05, 4.69) is 51.1 Å². The fourth-order valence-corrected chi connectivity index (χ4v) is 2.91. The van der Waals surface area contributed by atoms with Crippen LogP contribution >= 0.6 is 0 Å². The van der Waals surface area contributed by atoms with Crippen LogP contribution in [-0.4, -0.2) is 0 Å². The normalized spacial score (nSPS) is 11.7. The zero-order valence-corrected chi connectivity index (χ0v) is 12.5. The van der Waals surface area contributed by atoms with Crippen LogP contribution in [0.25, 0.3) is 0 Å². The molecule has 0 N–H and O–H groups in total. The van der Waals surface area contributed by atoms with Crippen LogP contribution in [0.15, 0.2) is 30.3 Å². The maximum atomic E-state index is 2.38. The van der Waals surface area contributed by atoms with Crippen molar-refractivity contribution in [3.8, 4) is 0 Å². The van der Waals surface area contributed by atoms with Crippen molar-refractivity contribution in [1.29, 1.82) is 0 Å². The Balaban J connectivity index is 2.73. The number of hydrogen-bond acceptors (Lipinski definition) is 0. The van der Waals surface area contributed by atoms with Gasteiger partial charge in [0.15, 0.2) is 0 Å². The molecule has 0 radical (unpaired) electrons. The quantitative estimate of drug-likeness (QED) is 0.501. The third-order valence-corrected chi connectivity index (χ3v) is 4.29. The maximum absolute atomic E-state index is 2.38. The number of rotatable bonds is 9. The third kappa shape index (κ3) is 4.84. The molecule has 0 amide bonds. The smallest absolute Gasteiger partial charge is 0.0222 e. The molecule has 0 atom stereocenters. The molecule has 18 heavy (non-hydrogen) atoms. The van der Waals surface area contributed by atoms with Gasteiger partial charge in [-0.2, -0.15) is 0 Å². The average Bonchev–Trinajstić information content (AvgIpc) is 2.43. The van der Waals surface area contributed by atoms with E-state index >= 15 is 0 Å². The fraction of sp³-hybridized carbons (Fsp3) is 0.667. The number of benzene rings is 1. The Morgan fingerprint density at radius 2 is 1.39 bits per heavy atom. The van der Waals surface area contributed by atoms with Crippen molar-refractivity contribution in [1.82, 2.24) is 0 Å². The summed E-state index contributed by atoms with van der Waals surface area (Å²) in [4.78, 5) is 0. The fourth-order valence-electron chi connectivity index (χ4n) is 2.91. The highest BCUT2D eigenvalue weighted by Crippen LogP contribution is 2.38. The minimum absolute atomic E-state index is 0.549. The predicted octanol–water partition coefficient (Wildman–Crippen LogP) is 6.01. The molecule has 0 aliphatic heterocycles. The summed E-state index contributed by atoms with van der Waals surface area (Å²) in [7, 11) is 0. The molecule has 0 unspecified atom stereocenters. The van der Waals surface area contributed by atoms with Gasteiger partial charge in [0.05, 0.1) is 0 Å². The van der Waals surface area contributed by atoms with E-state index in [-0.39, 0.29) is 0 Å². The molecule has 0 aliphatic carbocycles. The Kier molecular flexibility index (Phi) is 7.08. The predicted molar refractivity (Wildman–Crippen MR) is 81.9 cm³/mol. The summed E-state index contributed by atoms with van der Waals surface area (Å²) in [6, 6.07) is 11.1. The highest BCUT2D eigenvalue weighted by molar-refractivity contribution is 5.16. The van der Waals surface area contributed by atoms with Crippen LogP contribution in [0.4, 0.5) is 0 Å². The lowest BCUT2D eigenvalue weighted by Gasteiger charge is -2.33. The molecule has 0 heterocycles. The number of unbranched alkanes of at least 4 members (excludes halogenated alkanes) is 2. The summed E-state index contributed by atoms with van der Waals surface area (Å²) in [6.07, 6.45) is 10.8. The molecule has 0 spiro atoms. The second-order valence-electron chi connectivity index (χ2n) is 5.72. The first-order valence-electron chi connectivity index (χ1n) is 7.80. The van der Waals surface area contributed by atoms with Crippen LogP contribution in [0.5, 0.6) is 0 Å². The van der Waals surface area contributed by atoms with Gasteiger partial charge in [0.2, 0.25) is 0 Å². The van der Waals surface area contributed by atoms with Crippen LogP contribution in [0, 0.1) is 5.41 Å². The first kappa shape index (κ1) is 15.3.